The number of benzene rings is 8. The summed E-state index contributed by atoms with van der Waals surface area (Å²) in [5, 5.41) is 0. The van der Waals surface area contributed by atoms with Crippen LogP contribution in [0.25, 0.3) is 11.1 Å². The molecule has 0 N–H and O–H groups in total. The molecule has 0 aromatic heterocycles. The first-order valence-electron chi connectivity index (χ1n) is 25.0. The highest BCUT2D eigenvalue weighted by Crippen LogP contribution is 2.64. The maximum atomic E-state index is 2.62. The summed E-state index contributed by atoms with van der Waals surface area (Å²) in [6.45, 7) is 18.8. The van der Waals surface area contributed by atoms with Gasteiger partial charge in [-0.05, 0) is 167 Å². The predicted molar refractivity (Wildman–Crippen MR) is 284 cm³/mol. The van der Waals surface area contributed by atoms with Crippen LogP contribution in [-0.4, -0.2) is 0 Å². The van der Waals surface area contributed by atoms with Gasteiger partial charge in [0.25, 0.3) is 0 Å². The lowest BCUT2D eigenvalue weighted by Gasteiger charge is -2.44. The Morgan fingerprint density at radius 1 is 0.373 bits per heavy atom. The van der Waals surface area contributed by atoms with Gasteiger partial charge in [-0.1, -0.05) is 175 Å². The van der Waals surface area contributed by atoms with Crippen molar-refractivity contribution in [2.45, 2.75) is 110 Å². The summed E-state index contributed by atoms with van der Waals surface area (Å²) >= 11 is 0. The maximum Gasteiger partial charge on any atom is 0.0715 e. The molecular weight excluding hydrogens is 809 g/mol. The average molecular weight is 873 g/mol. The van der Waals surface area contributed by atoms with Gasteiger partial charge in [0.2, 0.25) is 0 Å². The van der Waals surface area contributed by atoms with Crippen LogP contribution in [0.4, 0.5) is 34.1 Å². The van der Waals surface area contributed by atoms with E-state index in [1.165, 1.54) is 138 Å². The Balaban J connectivity index is 1.28. The van der Waals surface area contributed by atoms with Crippen LogP contribution < -0.4 is 9.80 Å². The molecule has 8 aromatic carbocycles. The molecule has 67 heavy (non-hydrogen) atoms. The van der Waals surface area contributed by atoms with Crippen LogP contribution in [0.2, 0.25) is 0 Å². The molecule has 0 spiro atoms. The van der Waals surface area contributed by atoms with Crippen molar-refractivity contribution in [2.24, 2.45) is 0 Å². The van der Waals surface area contributed by atoms with Crippen LogP contribution in [0.5, 0.6) is 0 Å². The van der Waals surface area contributed by atoms with Crippen molar-refractivity contribution in [3.63, 3.8) is 0 Å². The van der Waals surface area contributed by atoms with Crippen LogP contribution in [-0.2, 0) is 29.1 Å². The molecule has 0 radical (unpaired) electrons. The molecule has 0 amide bonds. The Bertz CT molecular complexity index is 2940. The molecule has 0 fully saturated rings. The number of para-hydroxylation sites is 2. The minimum Gasteiger partial charge on any atom is -0.310 e. The summed E-state index contributed by atoms with van der Waals surface area (Å²) in [6, 6.07) is 66.3. The minimum absolute atomic E-state index is 0.266. The van der Waals surface area contributed by atoms with Crippen LogP contribution >= 0.6 is 0 Å². The van der Waals surface area contributed by atoms with E-state index in [0.717, 1.165) is 12.8 Å². The van der Waals surface area contributed by atoms with E-state index in [2.05, 4.69) is 235 Å². The van der Waals surface area contributed by atoms with E-state index in [9.17, 15) is 0 Å². The fourth-order valence-electron chi connectivity index (χ4n) is 12.1. The molecule has 3 aliphatic rings. The molecule has 2 nitrogen and oxygen atoms in total. The lowest BCUT2D eigenvalue weighted by molar-refractivity contribution is 0.630. The average Bonchev–Trinajstić information content (AvgIpc) is 3.62. The fourth-order valence-corrected chi connectivity index (χ4v) is 12.1. The summed E-state index contributed by atoms with van der Waals surface area (Å²) in [5.74, 6) is 0. The lowest BCUT2D eigenvalue weighted by Crippen LogP contribution is -2.33. The third-order valence-electron chi connectivity index (χ3n) is 15.8. The molecule has 2 heteroatoms. The SMILES string of the molecule is CCCCc1ccc(C2(c3ccc(CCCC)cc3)c3cc4c(cc3-c3cc5c(cc32)N(c2ccccc2)c2ccc(C)cc2C5(C)C)C(C)(C)c2cc(C)ccc2N4c2ccccc2)cc1. The van der Waals surface area contributed by atoms with Gasteiger partial charge in [0.05, 0.1) is 28.2 Å². The van der Waals surface area contributed by atoms with E-state index >= 15 is 0 Å². The summed E-state index contributed by atoms with van der Waals surface area (Å²) in [7, 11) is 0. The van der Waals surface area contributed by atoms with E-state index < -0.39 is 5.41 Å². The first-order valence-corrected chi connectivity index (χ1v) is 25.0. The number of hydrogen-bond acceptors (Lipinski definition) is 2. The molecule has 0 unspecified atom stereocenters. The number of aryl methyl sites for hydroxylation is 4. The lowest BCUT2D eigenvalue weighted by atomic mass is 9.65. The molecule has 0 saturated heterocycles. The highest BCUT2D eigenvalue weighted by atomic mass is 15.2. The zero-order chi connectivity index (χ0) is 46.2. The van der Waals surface area contributed by atoms with Gasteiger partial charge in [-0.25, -0.2) is 0 Å². The van der Waals surface area contributed by atoms with E-state index in [1.807, 2.05) is 0 Å². The monoisotopic (exact) mass is 873 g/mol. The third kappa shape index (κ3) is 6.65. The van der Waals surface area contributed by atoms with Crippen molar-refractivity contribution in [3.05, 3.63) is 237 Å². The van der Waals surface area contributed by atoms with Crippen molar-refractivity contribution < 1.29 is 0 Å². The Hall–Kier alpha value is -6.64. The molecule has 1 aliphatic carbocycles. The maximum absolute atomic E-state index is 2.62. The summed E-state index contributed by atoms with van der Waals surface area (Å²) in [6.07, 6.45) is 6.91. The molecule has 0 bridgehead atoms. The van der Waals surface area contributed by atoms with E-state index in [-0.39, 0.29) is 10.8 Å². The van der Waals surface area contributed by atoms with Gasteiger partial charge < -0.3 is 9.80 Å². The first-order chi connectivity index (χ1) is 32.5. The molecule has 0 atom stereocenters. The van der Waals surface area contributed by atoms with E-state index in [0.29, 0.717) is 0 Å². The first kappa shape index (κ1) is 43.0. The fraction of sp³-hybridized carbons (Fsp3) is 0.262. The van der Waals surface area contributed by atoms with E-state index in [1.54, 1.807) is 0 Å². The van der Waals surface area contributed by atoms with Gasteiger partial charge in [-0.15, -0.1) is 0 Å². The Morgan fingerprint density at radius 3 is 1.12 bits per heavy atom. The number of fused-ring (bicyclic) bond motifs is 7. The normalized spacial score (nSPS) is 15.5. The third-order valence-corrected chi connectivity index (χ3v) is 15.8. The number of anilines is 6. The van der Waals surface area contributed by atoms with Gasteiger partial charge in [-0.3, -0.25) is 0 Å². The quantitative estimate of drug-likeness (QED) is 0.135. The highest BCUT2D eigenvalue weighted by molar-refractivity contribution is 5.97. The molecule has 11 rings (SSSR count). The topological polar surface area (TPSA) is 6.48 Å². The van der Waals surface area contributed by atoms with Crippen molar-refractivity contribution >= 4 is 34.1 Å². The second-order valence-electron chi connectivity index (χ2n) is 20.8. The number of hydrogen-bond donors (Lipinski definition) is 0. The molecular formula is C65H64N2. The molecule has 334 valence electrons. The van der Waals surface area contributed by atoms with Crippen LogP contribution in [0, 0.1) is 13.8 Å². The number of rotatable bonds is 10. The Morgan fingerprint density at radius 2 is 0.746 bits per heavy atom. The predicted octanol–water partition coefficient (Wildman–Crippen LogP) is 17.6. The van der Waals surface area contributed by atoms with Gasteiger partial charge in [-0.2, -0.15) is 0 Å². The molecule has 8 aromatic rings. The summed E-state index contributed by atoms with van der Waals surface area (Å²) in [4.78, 5) is 5.10. The minimum atomic E-state index is -0.624. The van der Waals surface area contributed by atoms with Gasteiger partial charge >= 0.3 is 0 Å². The number of unbranched alkanes of at least 4 members (excludes halogenated alkanes) is 2. The number of nitrogens with zero attached hydrogens (tertiary/aromatic N) is 2. The standard InChI is InChI=1S/C65H64N2/c1-9-11-19-45-27-31-47(32-28-45)65(48-33-29-46(30-34-48)20-12-10-2)53-41-61-57(63(5,6)55-37-43(3)25-35-59(55)66(61)49-21-15-13-16-22-49)39-51(53)52-40-58-62(42-54(52)65)67(50-23-17-14-18-24-50)60-36-26-44(4)38-56(60)64(58,7)8/h13-18,21-42H,9-12,19-20H2,1-8H3. The van der Waals surface area contributed by atoms with Gasteiger partial charge in [0.1, 0.15) is 0 Å². The Kier molecular flexibility index (Phi) is 10.5. The highest BCUT2D eigenvalue weighted by Gasteiger charge is 2.51. The van der Waals surface area contributed by atoms with E-state index in [4.69, 9.17) is 0 Å². The summed E-state index contributed by atoms with van der Waals surface area (Å²) < 4.78 is 0. The molecule has 2 aliphatic heterocycles. The zero-order valence-corrected chi connectivity index (χ0v) is 40.8. The zero-order valence-electron chi connectivity index (χ0n) is 40.8. The Labute approximate surface area is 400 Å². The van der Waals surface area contributed by atoms with Crippen LogP contribution in [0.3, 0.4) is 0 Å². The second kappa shape index (κ2) is 16.3. The van der Waals surface area contributed by atoms with Gasteiger partial charge in [0, 0.05) is 22.2 Å². The van der Waals surface area contributed by atoms with Crippen molar-refractivity contribution in [3.8, 4) is 11.1 Å². The second-order valence-corrected chi connectivity index (χ2v) is 20.8. The van der Waals surface area contributed by atoms with Crippen molar-refractivity contribution in [2.75, 3.05) is 9.80 Å². The van der Waals surface area contributed by atoms with Gasteiger partial charge in [0.15, 0.2) is 0 Å². The summed E-state index contributed by atoms with van der Waals surface area (Å²) in [5.41, 5.74) is 24.9. The molecule has 2 heterocycles. The smallest absolute Gasteiger partial charge is 0.0715 e. The van der Waals surface area contributed by atoms with Crippen molar-refractivity contribution in [1.29, 1.82) is 0 Å². The van der Waals surface area contributed by atoms with Crippen LogP contribution in [0.15, 0.2) is 170 Å². The molecule has 0 saturated carbocycles. The largest absolute Gasteiger partial charge is 0.310 e. The van der Waals surface area contributed by atoms with Crippen LogP contribution in [0.1, 0.15) is 134 Å². The van der Waals surface area contributed by atoms with Crippen molar-refractivity contribution in [1.82, 2.24) is 0 Å².